The van der Waals surface area contributed by atoms with E-state index in [1.54, 1.807) is 11.3 Å². The highest BCUT2D eigenvalue weighted by molar-refractivity contribution is 7.22. The zero-order valence-electron chi connectivity index (χ0n) is 28.3. The summed E-state index contributed by atoms with van der Waals surface area (Å²) in [6, 6.07) is 69.7. The number of nitrogens with zero attached hydrogens (tertiary/aromatic N) is 2. The van der Waals surface area contributed by atoms with Gasteiger partial charge < -0.3 is 0 Å². The molecule has 1 aliphatic rings. The van der Waals surface area contributed by atoms with Gasteiger partial charge in [-0.05, 0) is 68.1 Å². The smallest absolute Gasteiger partial charge is 0.160 e. The molecule has 52 heavy (non-hydrogen) atoms. The molecule has 0 radical (unpaired) electrons. The Balaban J connectivity index is 1.22. The molecule has 3 heteroatoms. The topological polar surface area (TPSA) is 25.8 Å². The van der Waals surface area contributed by atoms with E-state index in [1.807, 2.05) is 0 Å². The zero-order valence-corrected chi connectivity index (χ0v) is 29.1. The molecule has 1 aliphatic carbocycles. The average molecular weight is 681 g/mol. The number of hydrogen-bond donors (Lipinski definition) is 0. The van der Waals surface area contributed by atoms with E-state index in [1.165, 1.54) is 54.6 Å². The monoisotopic (exact) mass is 680 g/mol. The van der Waals surface area contributed by atoms with Gasteiger partial charge in [0.15, 0.2) is 5.82 Å². The van der Waals surface area contributed by atoms with Crippen LogP contribution in [0.5, 0.6) is 0 Å². The van der Waals surface area contributed by atoms with Gasteiger partial charge in [0.05, 0.1) is 21.7 Å². The summed E-state index contributed by atoms with van der Waals surface area (Å²) >= 11 is 1.78. The van der Waals surface area contributed by atoms with Crippen LogP contribution in [0.2, 0.25) is 0 Å². The van der Waals surface area contributed by atoms with Gasteiger partial charge in [-0.3, -0.25) is 0 Å². The molecular formula is C49H32N2S. The van der Waals surface area contributed by atoms with Crippen LogP contribution in [0.25, 0.3) is 65.6 Å². The van der Waals surface area contributed by atoms with Crippen molar-refractivity contribution in [1.29, 1.82) is 0 Å². The molecule has 0 N–H and O–H groups in total. The third kappa shape index (κ3) is 4.85. The molecule has 0 aliphatic heterocycles. The highest BCUT2D eigenvalue weighted by atomic mass is 32.1. The van der Waals surface area contributed by atoms with Crippen LogP contribution in [0, 0.1) is 0 Å². The van der Waals surface area contributed by atoms with Crippen molar-refractivity contribution in [3.63, 3.8) is 0 Å². The number of aromatic nitrogens is 2. The lowest BCUT2D eigenvalue weighted by molar-refractivity contribution is 0.768. The quantitative estimate of drug-likeness (QED) is 0.175. The average Bonchev–Trinajstić information content (AvgIpc) is 3.80. The van der Waals surface area contributed by atoms with Crippen molar-refractivity contribution in [3.8, 4) is 55.5 Å². The van der Waals surface area contributed by atoms with Crippen LogP contribution in [0.4, 0.5) is 0 Å². The second kappa shape index (κ2) is 12.4. The molecule has 0 amide bonds. The van der Waals surface area contributed by atoms with E-state index in [2.05, 4.69) is 194 Å². The number of benzene rings is 7. The summed E-state index contributed by atoms with van der Waals surface area (Å²) in [6.07, 6.45) is 0. The molecule has 2 aromatic heterocycles. The summed E-state index contributed by atoms with van der Waals surface area (Å²) in [6.45, 7) is 0. The largest absolute Gasteiger partial charge is 0.228 e. The van der Waals surface area contributed by atoms with Gasteiger partial charge in [-0.25, -0.2) is 9.97 Å². The second-order valence-electron chi connectivity index (χ2n) is 13.3. The first-order valence-electron chi connectivity index (χ1n) is 17.7. The van der Waals surface area contributed by atoms with Crippen molar-refractivity contribution in [2.45, 2.75) is 5.41 Å². The van der Waals surface area contributed by atoms with Crippen LogP contribution in [-0.2, 0) is 5.41 Å². The summed E-state index contributed by atoms with van der Waals surface area (Å²) < 4.78 is 1.25. The lowest BCUT2D eigenvalue weighted by Gasteiger charge is -2.33. The molecule has 0 spiro atoms. The van der Waals surface area contributed by atoms with E-state index in [0.29, 0.717) is 5.82 Å². The van der Waals surface area contributed by atoms with Gasteiger partial charge in [-0.1, -0.05) is 176 Å². The molecule has 0 fully saturated rings. The van der Waals surface area contributed by atoms with E-state index in [-0.39, 0.29) is 0 Å². The van der Waals surface area contributed by atoms with Crippen LogP contribution in [0.15, 0.2) is 194 Å². The van der Waals surface area contributed by atoms with Gasteiger partial charge in [-0.15, -0.1) is 11.3 Å². The van der Waals surface area contributed by atoms with Crippen LogP contribution < -0.4 is 0 Å². The van der Waals surface area contributed by atoms with Crippen LogP contribution in [0.3, 0.4) is 0 Å². The maximum absolute atomic E-state index is 5.39. The first kappa shape index (κ1) is 30.4. The Kier molecular flexibility index (Phi) is 7.26. The lowest BCUT2D eigenvalue weighted by atomic mass is 9.67. The van der Waals surface area contributed by atoms with E-state index in [9.17, 15) is 0 Å². The molecule has 10 rings (SSSR count). The fourth-order valence-electron chi connectivity index (χ4n) is 8.10. The van der Waals surface area contributed by atoms with Crippen molar-refractivity contribution < 1.29 is 0 Å². The number of thiophene rings is 1. The predicted octanol–water partition coefficient (Wildman–Crippen LogP) is 12.7. The third-order valence-electron chi connectivity index (χ3n) is 10.4. The first-order valence-corrected chi connectivity index (χ1v) is 18.5. The zero-order chi connectivity index (χ0) is 34.5. The highest BCUT2D eigenvalue weighted by Crippen LogP contribution is 2.58. The first-order chi connectivity index (χ1) is 25.8. The van der Waals surface area contributed by atoms with E-state index < -0.39 is 5.41 Å². The van der Waals surface area contributed by atoms with Crippen molar-refractivity contribution in [2.75, 3.05) is 0 Å². The molecule has 2 nitrogen and oxygen atoms in total. The fourth-order valence-corrected chi connectivity index (χ4v) is 9.12. The molecule has 7 aromatic carbocycles. The molecular weight excluding hydrogens is 649 g/mol. The minimum absolute atomic E-state index is 0.484. The van der Waals surface area contributed by atoms with Gasteiger partial charge >= 0.3 is 0 Å². The van der Waals surface area contributed by atoms with E-state index in [4.69, 9.17) is 9.97 Å². The Morgan fingerprint density at radius 3 is 1.69 bits per heavy atom. The van der Waals surface area contributed by atoms with Crippen molar-refractivity contribution in [2.24, 2.45) is 0 Å². The molecule has 0 saturated heterocycles. The molecule has 0 saturated carbocycles. The summed E-state index contributed by atoms with van der Waals surface area (Å²) in [5.74, 6) is 0.714. The number of fused-ring (bicyclic) bond motifs is 4. The standard InChI is InChI=1S/C49H32N2S/c1-4-15-33(16-5-1)34-27-29-35(30-28-34)48-50-43(32-44(51-48)46-31-36-17-10-13-26-45(36)52-46)40-23-14-25-42-47(40)39-22-11-12-24-41(39)49(42,37-18-6-2-7-19-37)38-20-8-3-9-21-38/h1-32H. The Morgan fingerprint density at radius 2 is 0.962 bits per heavy atom. The lowest BCUT2D eigenvalue weighted by Crippen LogP contribution is -2.28. The minimum atomic E-state index is -0.484. The maximum Gasteiger partial charge on any atom is 0.160 e. The van der Waals surface area contributed by atoms with Gasteiger partial charge in [-0.2, -0.15) is 0 Å². The van der Waals surface area contributed by atoms with E-state index in [0.717, 1.165) is 27.4 Å². The Bertz CT molecular complexity index is 2640. The second-order valence-corrected chi connectivity index (χ2v) is 14.4. The molecule has 0 unspecified atom stereocenters. The van der Waals surface area contributed by atoms with Crippen molar-refractivity contribution in [1.82, 2.24) is 9.97 Å². The maximum atomic E-state index is 5.39. The summed E-state index contributed by atoms with van der Waals surface area (Å²) in [5, 5.41) is 1.22. The fraction of sp³-hybridized carbons (Fsp3) is 0.0204. The van der Waals surface area contributed by atoms with Gasteiger partial charge in [0.25, 0.3) is 0 Å². The van der Waals surface area contributed by atoms with Gasteiger partial charge in [0.2, 0.25) is 0 Å². The van der Waals surface area contributed by atoms with Gasteiger partial charge in [0, 0.05) is 15.8 Å². The van der Waals surface area contributed by atoms with Gasteiger partial charge in [0.1, 0.15) is 0 Å². The Labute approximate surface area is 307 Å². The molecule has 244 valence electrons. The Hall–Kier alpha value is -6.42. The Morgan fingerprint density at radius 1 is 0.404 bits per heavy atom. The van der Waals surface area contributed by atoms with E-state index >= 15 is 0 Å². The molecule has 0 bridgehead atoms. The summed E-state index contributed by atoms with van der Waals surface area (Å²) in [7, 11) is 0. The van der Waals surface area contributed by atoms with Crippen molar-refractivity contribution in [3.05, 3.63) is 216 Å². The summed E-state index contributed by atoms with van der Waals surface area (Å²) in [4.78, 5) is 11.8. The van der Waals surface area contributed by atoms with Crippen LogP contribution in [-0.4, -0.2) is 9.97 Å². The minimum Gasteiger partial charge on any atom is -0.228 e. The third-order valence-corrected chi connectivity index (χ3v) is 11.6. The normalized spacial score (nSPS) is 12.8. The number of rotatable bonds is 6. The van der Waals surface area contributed by atoms with Crippen molar-refractivity contribution >= 4 is 21.4 Å². The highest BCUT2D eigenvalue weighted by Gasteiger charge is 2.46. The van der Waals surface area contributed by atoms with Crippen LogP contribution >= 0.6 is 11.3 Å². The van der Waals surface area contributed by atoms with Crippen LogP contribution in [0.1, 0.15) is 22.3 Å². The molecule has 9 aromatic rings. The SMILES string of the molecule is c1ccc(-c2ccc(-c3nc(-c4cc5ccccc5s4)cc(-c4cccc5c4-c4ccccc4C5(c4ccccc4)c4ccccc4)n3)cc2)cc1. The molecule has 0 atom stereocenters. The molecule has 2 heterocycles. The number of hydrogen-bond acceptors (Lipinski definition) is 3. The summed E-state index contributed by atoms with van der Waals surface area (Å²) in [5.41, 5.74) is 13.3. The predicted molar refractivity (Wildman–Crippen MR) is 216 cm³/mol.